The zero-order valence-electron chi connectivity index (χ0n) is 23.1. The number of epoxide rings is 1. The maximum atomic E-state index is 13.5. The van der Waals surface area contributed by atoms with E-state index >= 15 is 0 Å². The molecule has 0 radical (unpaired) electrons. The highest BCUT2D eigenvalue weighted by Gasteiger charge is 2.53. The highest BCUT2D eigenvalue weighted by molar-refractivity contribution is 5.88. The molecule has 2 saturated heterocycles. The second-order valence-electron chi connectivity index (χ2n) is 11.9. The number of aromatic nitrogens is 1. The van der Waals surface area contributed by atoms with Crippen LogP contribution in [0.15, 0.2) is 22.6 Å². The number of hydrogen-bond acceptors (Lipinski definition) is 9. The Morgan fingerprint density at radius 3 is 2.61 bits per heavy atom. The molecule has 0 amide bonds. The molecular weight excluding hydrogens is 488 g/mol. The molecule has 210 valence electrons. The normalized spacial score (nSPS) is 35.1. The smallest absolute Gasteiger partial charge is 0.309 e. The van der Waals surface area contributed by atoms with Gasteiger partial charge in [0.2, 0.25) is 5.89 Å². The van der Waals surface area contributed by atoms with Crippen molar-refractivity contribution in [2.24, 2.45) is 23.0 Å². The third kappa shape index (κ3) is 5.81. The number of aliphatic hydroxyl groups excluding tert-OH is 2. The van der Waals surface area contributed by atoms with Gasteiger partial charge in [0.15, 0.2) is 5.58 Å². The summed E-state index contributed by atoms with van der Waals surface area (Å²) in [5.41, 5.74) is 6.05. The van der Waals surface area contributed by atoms with Crippen LogP contribution in [0.3, 0.4) is 0 Å². The van der Waals surface area contributed by atoms with Crippen LogP contribution in [0.25, 0.3) is 11.1 Å². The van der Waals surface area contributed by atoms with E-state index in [0.717, 1.165) is 24.8 Å². The summed E-state index contributed by atoms with van der Waals surface area (Å²) >= 11 is 0. The highest BCUT2D eigenvalue weighted by atomic mass is 16.6. The molecule has 2 aliphatic rings. The van der Waals surface area contributed by atoms with Gasteiger partial charge in [-0.25, -0.2) is 4.98 Å². The molecule has 9 nitrogen and oxygen atoms in total. The lowest BCUT2D eigenvalue weighted by Crippen LogP contribution is -2.46. The molecule has 4 rings (SSSR count). The van der Waals surface area contributed by atoms with E-state index in [9.17, 15) is 19.8 Å². The maximum absolute atomic E-state index is 13.5. The van der Waals surface area contributed by atoms with Crippen molar-refractivity contribution < 1.29 is 33.7 Å². The summed E-state index contributed by atoms with van der Waals surface area (Å²) in [6.07, 6.45) is 0.126. The number of aliphatic hydroxyl groups is 2. The van der Waals surface area contributed by atoms with E-state index in [-0.39, 0.29) is 36.4 Å². The fourth-order valence-corrected chi connectivity index (χ4v) is 5.72. The van der Waals surface area contributed by atoms with Crippen LogP contribution in [0.1, 0.15) is 90.7 Å². The average Bonchev–Trinajstić information content (AvgIpc) is 3.31. The van der Waals surface area contributed by atoms with E-state index in [1.165, 1.54) is 0 Å². The van der Waals surface area contributed by atoms with Crippen LogP contribution in [0, 0.1) is 17.3 Å². The van der Waals surface area contributed by atoms with Gasteiger partial charge in [0, 0.05) is 12.3 Å². The molecule has 2 aliphatic heterocycles. The van der Waals surface area contributed by atoms with Crippen molar-refractivity contribution >= 4 is 22.9 Å². The summed E-state index contributed by atoms with van der Waals surface area (Å²) in [5.74, 6) is -1.14. The quantitative estimate of drug-likeness (QED) is 0.396. The van der Waals surface area contributed by atoms with E-state index in [1.54, 1.807) is 19.9 Å². The zero-order valence-corrected chi connectivity index (χ0v) is 23.1. The number of carbonyl (C=O) groups excluding carboxylic acids is 2. The van der Waals surface area contributed by atoms with Crippen molar-refractivity contribution in [3.05, 3.63) is 29.7 Å². The Kier molecular flexibility index (Phi) is 8.33. The first-order chi connectivity index (χ1) is 17.9. The molecule has 4 N–H and O–H groups in total. The molecule has 0 unspecified atom stereocenters. The van der Waals surface area contributed by atoms with E-state index in [2.05, 4.69) is 11.9 Å². The number of ketones is 1. The third-order valence-corrected chi connectivity index (χ3v) is 8.67. The molecular formula is C29H42N2O7. The number of benzene rings is 1. The summed E-state index contributed by atoms with van der Waals surface area (Å²) in [6.45, 7) is 9.32. The van der Waals surface area contributed by atoms with Crippen LogP contribution in [0.5, 0.6) is 0 Å². The predicted molar refractivity (Wildman–Crippen MR) is 141 cm³/mol. The van der Waals surface area contributed by atoms with Crippen molar-refractivity contribution in [3.63, 3.8) is 0 Å². The van der Waals surface area contributed by atoms with Crippen molar-refractivity contribution in [3.8, 4) is 0 Å². The largest absolute Gasteiger partial charge is 0.457 e. The number of nitrogens with two attached hydrogens (primary N) is 1. The number of esters is 1. The van der Waals surface area contributed by atoms with Crippen LogP contribution >= 0.6 is 0 Å². The Morgan fingerprint density at radius 1 is 1.18 bits per heavy atom. The number of rotatable bonds is 3. The standard InChI is InChI=1S/C29H42N2O7/c1-6-18-26(34)16(2)8-7-11-29(5)23(38-29)13-21(37-25(33)14-22(32)28(3,4)27(18)35)17-9-10-20-19(12-17)31-24(15-30)36-20/h9-10,12,16,18,21-23,26,32,34H,6-8,11,13-15,30H2,1-5H3/t16-,18+,21-,22-,23-,26-,29+/m0/s1. The fourth-order valence-electron chi connectivity index (χ4n) is 5.72. The van der Waals surface area contributed by atoms with Gasteiger partial charge in [-0.3, -0.25) is 9.59 Å². The molecule has 0 spiro atoms. The zero-order chi connectivity index (χ0) is 27.8. The SMILES string of the molecule is CC[C@H]1C(=O)C(C)(C)[C@@H](O)CC(=O)O[C@H](c2ccc3oc(CN)nc3c2)C[C@@H]2O[C@]2(C)CCC[C@H](C)[C@@H]1O. The second kappa shape index (κ2) is 11.0. The lowest BCUT2D eigenvalue weighted by atomic mass is 9.71. The van der Waals surface area contributed by atoms with Crippen LogP contribution in [-0.4, -0.2) is 50.9 Å². The Bertz CT molecular complexity index is 1160. The van der Waals surface area contributed by atoms with Gasteiger partial charge in [-0.15, -0.1) is 0 Å². The van der Waals surface area contributed by atoms with Gasteiger partial charge in [0.1, 0.15) is 17.4 Å². The summed E-state index contributed by atoms with van der Waals surface area (Å²) < 4.78 is 17.6. The summed E-state index contributed by atoms with van der Waals surface area (Å²) in [4.78, 5) is 31.0. The number of carbonyl (C=O) groups is 2. The summed E-state index contributed by atoms with van der Waals surface area (Å²) in [7, 11) is 0. The molecule has 0 aliphatic carbocycles. The number of cyclic esters (lactones) is 1. The fraction of sp³-hybridized carbons (Fsp3) is 0.690. The molecule has 1 aromatic carbocycles. The number of ether oxygens (including phenoxy) is 2. The van der Waals surface area contributed by atoms with Gasteiger partial charge >= 0.3 is 5.97 Å². The minimum absolute atomic E-state index is 0.0872. The van der Waals surface area contributed by atoms with Crippen LogP contribution < -0.4 is 5.73 Å². The van der Waals surface area contributed by atoms with Crippen molar-refractivity contribution in [2.45, 2.75) is 110 Å². The first-order valence-corrected chi connectivity index (χ1v) is 13.8. The Hall–Kier alpha value is -2.33. The first kappa shape index (κ1) is 28.7. The molecule has 2 fully saturated rings. The van der Waals surface area contributed by atoms with E-state index in [0.29, 0.717) is 29.8 Å². The number of hydrogen-bond donors (Lipinski definition) is 3. The van der Waals surface area contributed by atoms with Crippen LogP contribution in [-0.2, 0) is 25.6 Å². The van der Waals surface area contributed by atoms with E-state index < -0.39 is 35.6 Å². The van der Waals surface area contributed by atoms with Gasteiger partial charge in [0.25, 0.3) is 0 Å². The summed E-state index contributed by atoms with van der Waals surface area (Å²) in [6, 6.07) is 5.44. The van der Waals surface area contributed by atoms with E-state index in [1.807, 2.05) is 26.0 Å². The number of oxazole rings is 1. The van der Waals surface area contributed by atoms with Gasteiger partial charge < -0.3 is 29.8 Å². The molecule has 0 bridgehead atoms. The highest BCUT2D eigenvalue weighted by Crippen LogP contribution is 2.47. The van der Waals surface area contributed by atoms with E-state index in [4.69, 9.17) is 19.6 Å². The summed E-state index contributed by atoms with van der Waals surface area (Å²) in [5, 5.41) is 22.1. The Balaban J connectivity index is 1.62. The Labute approximate surface area is 224 Å². The molecule has 7 atom stereocenters. The number of Topliss-reactive ketones (excluding diaryl/α,β-unsaturated/α-hetero) is 1. The van der Waals surface area contributed by atoms with Gasteiger partial charge in [-0.2, -0.15) is 0 Å². The van der Waals surface area contributed by atoms with Crippen LogP contribution in [0.2, 0.25) is 0 Å². The minimum Gasteiger partial charge on any atom is -0.457 e. The molecule has 0 saturated carbocycles. The molecule has 3 heterocycles. The minimum atomic E-state index is -1.26. The van der Waals surface area contributed by atoms with Gasteiger partial charge in [-0.1, -0.05) is 40.2 Å². The van der Waals surface area contributed by atoms with Crippen LogP contribution in [0.4, 0.5) is 0 Å². The third-order valence-electron chi connectivity index (χ3n) is 8.67. The number of fused-ring (bicyclic) bond motifs is 2. The first-order valence-electron chi connectivity index (χ1n) is 13.8. The van der Waals surface area contributed by atoms with Crippen molar-refractivity contribution in [1.29, 1.82) is 0 Å². The maximum Gasteiger partial charge on any atom is 0.309 e. The monoisotopic (exact) mass is 530 g/mol. The molecule has 9 heteroatoms. The molecule has 2 aromatic rings. The van der Waals surface area contributed by atoms with Gasteiger partial charge in [-0.05, 0) is 49.8 Å². The topological polar surface area (TPSA) is 148 Å². The van der Waals surface area contributed by atoms with Crippen molar-refractivity contribution in [2.75, 3.05) is 0 Å². The number of nitrogens with zero attached hydrogens (tertiary/aromatic N) is 1. The lowest BCUT2D eigenvalue weighted by Gasteiger charge is -2.35. The average molecular weight is 531 g/mol. The predicted octanol–water partition coefficient (Wildman–Crippen LogP) is 3.97. The molecule has 1 aromatic heterocycles. The second-order valence-corrected chi connectivity index (χ2v) is 11.9. The Morgan fingerprint density at radius 2 is 1.92 bits per heavy atom. The lowest BCUT2D eigenvalue weighted by molar-refractivity contribution is -0.156. The van der Waals surface area contributed by atoms with Gasteiger partial charge in [0.05, 0.1) is 42.3 Å². The van der Waals surface area contributed by atoms with Crippen molar-refractivity contribution in [1.82, 2.24) is 4.98 Å². The molecule has 38 heavy (non-hydrogen) atoms.